The SMILES string of the molecule is CCCCN1[C@@H]2COC[C@H]1C[C@@H](NC(=O)c1n[nH]c3cccc(C(C)(C)O)c13)C2. The Morgan fingerprint density at radius 1 is 1.34 bits per heavy atom. The van der Waals surface area contributed by atoms with E-state index in [0.29, 0.717) is 28.7 Å². The summed E-state index contributed by atoms with van der Waals surface area (Å²) < 4.78 is 5.78. The van der Waals surface area contributed by atoms with Gasteiger partial charge >= 0.3 is 0 Å². The van der Waals surface area contributed by atoms with Crippen LogP contribution in [-0.2, 0) is 10.3 Å². The fourth-order valence-electron chi connectivity index (χ4n) is 4.81. The molecule has 2 saturated heterocycles. The molecule has 1 amide bonds. The van der Waals surface area contributed by atoms with Crippen LogP contribution in [0.15, 0.2) is 18.2 Å². The van der Waals surface area contributed by atoms with E-state index in [1.807, 2.05) is 18.2 Å². The highest BCUT2D eigenvalue weighted by Crippen LogP contribution is 2.31. The lowest BCUT2D eigenvalue weighted by Gasteiger charge is -2.48. The number of hydrogen-bond donors (Lipinski definition) is 3. The molecule has 7 nitrogen and oxygen atoms in total. The normalized spacial score (nSPS) is 25.3. The van der Waals surface area contributed by atoms with Crippen molar-refractivity contribution >= 4 is 16.8 Å². The number of rotatable bonds is 6. The van der Waals surface area contributed by atoms with Crippen LogP contribution in [0.1, 0.15) is 62.5 Å². The number of carbonyl (C=O) groups is 1. The van der Waals surface area contributed by atoms with Crippen molar-refractivity contribution in [2.45, 2.75) is 70.2 Å². The summed E-state index contributed by atoms with van der Waals surface area (Å²) in [7, 11) is 0. The van der Waals surface area contributed by atoms with Crippen molar-refractivity contribution in [3.63, 3.8) is 0 Å². The molecule has 2 aliphatic rings. The standard InChI is InChI=1S/C22H32N4O3/c1-4-5-9-26-15-10-14(11-16(26)13-29-12-15)23-21(27)20-19-17(22(2,3)28)7-6-8-18(19)24-25-20/h6-8,14-16,28H,4-5,9-13H2,1-3H3,(H,23,27)(H,24,25)/t14-,15-,16+. The average Bonchev–Trinajstić information content (AvgIpc) is 3.09. The van der Waals surface area contributed by atoms with E-state index in [0.717, 1.165) is 38.1 Å². The van der Waals surface area contributed by atoms with E-state index >= 15 is 0 Å². The molecule has 29 heavy (non-hydrogen) atoms. The zero-order valence-corrected chi connectivity index (χ0v) is 17.6. The number of ether oxygens (including phenoxy) is 1. The molecule has 2 aliphatic heterocycles. The quantitative estimate of drug-likeness (QED) is 0.693. The summed E-state index contributed by atoms with van der Waals surface area (Å²) in [6.45, 7) is 8.25. The highest BCUT2D eigenvalue weighted by molar-refractivity contribution is 6.06. The molecule has 158 valence electrons. The van der Waals surface area contributed by atoms with Crippen LogP contribution < -0.4 is 5.32 Å². The molecule has 7 heteroatoms. The third-order valence-corrected chi connectivity index (χ3v) is 6.24. The average molecular weight is 401 g/mol. The number of nitrogens with one attached hydrogen (secondary N) is 2. The van der Waals surface area contributed by atoms with Gasteiger partial charge in [0.05, 0.1) is 24.3 Å². The molecule has 4 rings (SSSR count). The third-order valence-electron chi connectivity index (χ3n) is 6.24. The Labute approximate surface area is 171 Å². The maximum atomic E-state index is 13.1. The Bertz CT molecular complexity index is 859. The zero-order valence-electron chi connectivity index (χ0n) is 17.6. The Hall–Kier alpha value is -1.96. The molecule has 0 aliphatic carbocycles. The second-order valence-corrected chi connectivity index (χ2v) is 8.94. The van der Waals surface area contributed by atoms with Gasteiger partial charge in [-0.05, 0) is 51.3 Å². The van der Waals surface area contributed by atoms with Crippen LogP contribution in [-0.4, -0.2) is 64.0 Å². The molecule has 3 heterocycles. The Kier molecular flexibility index (Phi) is 5.64. The van der Waals surface area contributed by atoms with Crippen LogP contribution in [0.3, 0.4) is 0 Å². The summed E-state index contributed by atoms with van der Waals surface area (Å²) in [6.07, 6.45) is 4.18. The number of fused-ring (bicyclic) bond motifs is 3. The summed E-state index contributed by atoms with van der Waals surface area (Å²) in [5.74, 6) is -0.182. The monoisotopic (exact) mass is 400 g/mol. The lowest BCUT2D eigenvalue weighted by atomic mass is 9.89. The second kappa shape index (κ2) is 8.05. The Balaban J connectivity index is 1.52. The van der Waals surface area contributed by atoms with Crippen LogP contribution in [0, 0.1) is 0 Å². The van der Waals surface area contributed by atoms with E-state index in [1.54, 1.807) is 13.8 Å². The number of hydrogen-bond acceptors (Lipinski definition) is 5. The van der Waals surface area contributed by atoms with Gasteiger partial charge < -0.3 is 15.2 Å². The van der Waals surface area contributed by atoms with Gasteiger partial charge in [0.25, 0.3) is 5.91 Å². The van der Waals surface area contributed by atoms with Crippen LogP contribution >= 0.6 is 0 Å². The first-order chi connectivity index (χ1) is 13.9. The predicted molar refractivity (Wildman–Crippen MR) is 112 cm³/mol. The highest BCUT2D eigenvalue weighted by Gasteiger charge is 2.39. The number of aliphatic hydroxyl groups is 1. The van der Waals surface area contributed by atoms with Gasteiger partial charge in [0, 0.05) is 23.5 Å². The fraction of sp³-hybridized carbons (Fsp3) is 0.636. The summed E-state index contributed by atoms with van der Waals surface area (Å²) in [5, 5.41) is 21.7. The first-order valence-electron chi connectivity index (χ1n) is 10.7. The van der Waals surface area contributed by atoms with E-state index in [-0.39, 0.29) is 11.9 Å². The maximum absolute atomic E-state index is 13.1. The summed E-state index contributed by atoms with van der Waals surface area (Å²) in [5.41, 5.74) is 0.757. The van der Waals surface area contributed by atoms with Crippen molar-refractivity contribution in [2.75, 3.05) is 19.8 Å². The Morgan fingerprint density at radius 3 is 2.72 bits per heavy atom. The van der Waals surface area contributed by atoms with Gasteiger partial charge in [-0.3, -0.25) is 14.8 Å². The lowest BCUT2D eigenvalue weighted by molar-refractivity contribution is -0.0802. The first-order valence-corrected chi connectivity index (χ1v) is 10.7. The van der Waals surface area contributed by atoms with Crippen molar-refractivity contribution in [3.05, 3.63) is 29.5 Å². The molecule has 0 saturated carbocycles. The largest absolute Gasteiger partial charge is 0.386 e. The van der Waals surface area contributed by atoms with Crippen molar-refractivity contribution < 1.29 is 14.6 Å². The molecule has 2 fully saturated rings. The van der Waals surface area contributed by atoms with Crippen LogP contribution in [0.5, 0.6) is 0 Å². The molecular formula is C22H32N4O3. The number of nitrogens with zero attached hydrogens (tertiary/aromatic N) is 2. The van der Waals surface area contributed by atoms with Gasteiger partial charge in [0.15, 0.2) is 5.69 Å². The van der Waals surface area contributed by atoms with Gasteiger partial charge in [-0.15, -0.1) is 0 Å². The minimum Gasteiger partial charge on any atom is -0.386 e. The van der Waals surface area contributed by atoms with E-state index < -0.39 is 5.60 Å². The molecule has 0 spiro atoms. The minimum absolute atomic E-state index is 0.111. The summed E-state index contributed by atoms with van der Waals surface area (Å²) >= 11 is 0. The first kappa shape index (κ1) is 20.3. The molecule has 2 aromatic rings. The fourth-order valence-corrected chi connectivity index (χ4v) is 4.81. The molecule has 0 unspecified atom stereocenters. The van der Waals surface area contributed by atoms with E-state index in [4.69, 9.17) is 4.74 Å². The number of carbonyl (C=O) groups excluding carboxylic acids is 1. The van der Waals surface area contributed by atoms with Crippen molar-refractivity contribution in [1.29, 1.82) is 0 Å². The third kappa shape index (κ3) is 4.04. The summed E-state index contributed by atoms with van der Waals surface area (Å²) in [6, 6.07) is 6.43. The van der Waals surface area contributed by atoms with Gasteiger partial charge in [-0.25, -0.2) is 0 Å². The molecule has 3 atom stereocenters. The number of benzene rings is 1. The summed E-state index contributed by atoms with van der Waals surface area (Å²) in [4.78, 5) is 15.7. The van der Waals surface area contributed by atoms with Gasteiger partial charge in [0.1, 0.15) is 0 Å². The minimum atomic E-state index is -1.06. The highest BCUT2D eigenvalue weighted by atomic mass is 16.5. The van der Waals surface area contributed by atoms with Crippen molar-refractivity contribution in [3.8, 4) is 0 Å². The molecular weight excluding hydrogens is 368 g/mol. The van der Waals surface area contributed by atoms with Crippen molar-refractivity contribution in [1.82, 2.24) is 20.4 Å². The molecule has 0 radical (unpaired) electrons. The van der Waals surface area contributed by atoms with E-state index in [1.165, 1.54) is 12.8 Å². The molecule has 3 N–H and O–H groups in total. The lowest BCUT2D eigenvalue weighted by Crippen LogP contribution is -2.60. The van der Waals surface area contributed by atoms with Crippen LogP contribution in [0.25, 0.3) is 10.9 Å². The van der Waals surface area contributed by atoms with E-state index in [9.17, 15) is 9.90 Å². The maximum Gasteiger partial charge on any atom is 0.272 e. The number of piperidine rings is 1. The smallest absolute Gasteiger partial charge is 0.272 e. The molecule has 2 bridgehead atoms. The number of aromatic amines is 1. The van der Waals surface area contributed by atoms with Crippen LogP contribution in [0.4, 0.5) is 0 Å². The van der Waals surface area contributed by atoms with Gasteiger partial charge in [0.2, 0.25) is 0 Å². The number of morpholine rings is 1. The van der Waals surface area contributed by atoms with Gasteiger partial charge in [-0.2, -0.15) is 5.10 Å². The van der Waals surface area contributed by atoms with Gasteiger partial charge in [-0.1, -0.05) is 25.5 Å². The van der Waals surface area contributed by atoms with E-state index in [2.05, 4.69) is 27.3 Å². The predicted octanol–water partition coefficient (Wildman–Crippen LogP) is 2.55. The number of aromatic nitrogens is 2. The second-order valence-electron chi connectivity index (χ2n) is 8.94. The number of unbranched alkanes of at least 4 members (excludes halogenated alkanes) is 1. The Morgan fingerprint density at radius 2 is 2.07 bits per heavy atom. The number of amides is 1. The van der Waals surface area contributed by atoms with Crippen LogP contribution in [0.2, 0.25) is 0 Å². The number of H-pyrrole nitrogens is 1. The molecule has 1 aromatic carbocycles. The van der Waals surface area contributed by atoms with Crippen molar-refractivity contribution in [2.24, 2.45) is 0 Å². The zero-order chi connectivity index (χ0) is 20.6. The topological polar surface area (TPSA) is 90.5 Å². The molecule has 1 aromatic heterocycles.